The first-order valence-corrected chi connectivity index (χ1v) is 9.41. The summed E-state index contributed by atoms with van der Waals surface area (Å²) in [5.41, 5.74) is 3.12. The second-order valence-corrected chi connectivity index (χ2v) is 6.76. The van der Waals surface area contributed by atoms with Gasteiger partial charge >= 0.3 is 5.97 Å². The molecule has 0 saturated carbocycles. The standard InChI is InChI=1S/C24H23NO5/c1-16-12-17(2)14-20(13-16)29-15-23(26)30-19-10-8-18(9-11-19)25-24(27)21-6-4-5-7-22(21)28-3/h4-14H,15H2,1-3H3,(H,25,27). The first-order valence-electron chi connectivity index (χ1n) is 9.41. The number of amides is 1. The molecule has 0 spiro atoms. The van der Waals surface area contributed by atoms with Crippen molar-refractivity contribution in [3.05, 3.63) is 83.4 Å². The zero-order valence-corrected chi connectivity index (χ0v) is 17.1. The van der Waals surface area contributed by atoms with Gasteiger partial charge in [0.05, 0.1) is 12.7 Å². The minimum Gasteiger partial charge on any atom is -0.496 e. The van der Waals surface area contributed by atoms with Crippen molar-refractivity contribution in [2.45, 2.75) is 13.8 Å². The number of anilines is 1. The molecule has 3 aromatic rings. The average Bonchev–Trinajstić information content (AvgIpc) is 2.73. The first-order chi connectivity index (χ1) is 14.4. The Morgan fingerprint density at radius 2 is 1.53 bits per heavy atom. The molecule has 0 atom stereocenters. The number of ether oxygens (including phenoxy) is 3. The number of carbonyl (C=O) groups is 2. The highest BCUT2D eigenvalue weighted by Gasteiger charge is 2.12. The monoisotopic (exact) mass is 405 g/mol. The fourth-order valence-electron chi connectivity index (χ4n) is 2.96. The average molecular weight is 405 g/mol. The predicted molar refractivity (Wildman–Crippen MR) is 114 cm³/mol. The summed E-state index contributed by atoms with van der Waals surface area (Å²) >= 11 is 0. The van der Waals surface area contributed by atoms with E-state index in [1.54, 1.807) is 48.5 Å². The molecule has 6 heteroatoms. The first kappa shape index (κ1) is 20.9. The Labute approximate surface area is 175 Å². The van der Waals surface area contributed by atoms with Gasteiger partial charge in [0.1, 0.15) is 17.2 Å². The smallest absolute Gasteiger partial charge is 0.349 e. The third kappa shape index (κ3) is 5.61. The van der Waals surface area contributed by atoms with Crippen LogP contribution in [0.1, 0.15) is 21.5 Å². The molecule has 0 bridgehead atoms. The quantitative estimate of drug-likeness (QED) is 0.461. The maximum atomic E-state index is 12.4. The fraction of sp³-hybridized carbons (Fsp3) is 0.167. The Morgan fingerprint density at radius 3 is 2.20 bits per heavy atom. The molecular weight excluding hydrogens is 382 g/mol. The van der Waals surface area contributed by atoms with Crippen LogP contribution in [0, 0.1) is 13.8 Å². The fourth-order valence-corrected chi connectivity index (χ4v) is 2.96. The Kier molecular flexibility index (Phi) is 6.70. The highest BCUT2D eigenvalue weighted by atomic mass is 16.6. The number of hydrogen-bond acceptors (Lipinski definition) is 5. The zero-order valence-electron chi connectivity index (χ0n) is 17.1. The normalized spacial score (nSPS) is 10.2. The molecule has 0 radical (unpaired) electrons. The number of hydrogen-bond donors (Lipinski definition) is 1. The van der Waals surface area contributed by atoms with E-state index < -0.39 is 5.97 Å². The molecule has 6 nitrogen and oxygen atoms in total. The van der Waals surface area contributed by atoms with Crippen molar-refractivity contribution in [3.8, 4) is 17.2 Å². The van der Waals surface area contributed by atoms with Gasteiger partial charge in [-0.25, -0.2) is 4.79 Å². The lowest BCUT2D eigenvalue weighted by atomic mass is 10.1. The molecule has 1 N–H and O–H groups in total. The van der Waals surface area contributed by atoms with Crippen molar-refractivity contribution in [2.75, 3.05) is 19.0 Å². The van der Waals surface area contributed by atoms with Gasteiger partial charge in [0.15, 0.2) is 6.61 Å². The lowest BCUT2D eigenvalue weighted by Gasteiger charge is -2.10. The van der Waals surface area contributed by atoms with Crippen molar-refractivity contribution in [1.82, 2.24) is 0 Å². The van der Waals surface area contributed by atoms with Gasteiger partial charge in [0.25, 0.3) is 5.91 Å². The molecule has 0 saturated heterocycles. The van der Waals surface area contributed by atoms with Gasteiger partial charge in [-0.2, -0.15) is 0 Å². The van der Waals surface area contributed by atoms with E-state index in [4.69, 9.17) is 14.2 Å². The Hall–Kier alpha value is -3.80. The molecule has 1 amide bonds. The van der Waals surface area contributed by atoms with Gasteiger partial charge in [-0.1, -0.05) is 18.2 Å². The molecule has 3 aromatic carbocycles. The predicted octanol–water partition coefficient (Wildman–Crippen LogP) is 4.55. The van der Waals surface area contributed by atoms with Crippen LogP contribution in [0.4, 0.5) is 5.69 Å². The number of methoxy groups -OCH3 is 1. The summed E-state index contributed by atoms with van der Waals surface area (Å²) in [5.74, 6) is 0.668. The van der Waals surface area contributed by atoms with Crippen LogP contribution in [0.15, 0.2) is 66.7 Å². The Morgan fingerprint density at radius 1 is 0.867 bits per heavy atom. The summed E-state index contributed by atoms with van der Waals surface area (Å²) in [4.78, 5) is 24.5. The van der Waals surface area contributed by atoms with Gasteiger partial charge in [-0.3, -0.25) is 4.79 Å². The van der Waals surface area contributed by atoms with E-state index in [0.717, 1.165) is 11.1 Å². The number of esters is 1. The zero-order chi connectivity index (χ0) is 21.5. The summed E-state index contributed by atoms with van der Waals surface area (Å²) in [7, 11) is 1.51. The molecule has 30 heavy (non-hydrogen) atoms. The van der Waals surface area contributed by atoms with Gasteiger partial charge in [0.2, 0.25) is 0 Å². The molecule has 0 aromatic heterocycles. The summed E-state index contributed by atoms with van der Waals surface area (Å²) in [6.07, 6.45) is 0. The molecule has 0 unspecified atom stereocenters. The highest BCUT2D eigenvalue weighted by molar-refractivity contribution is 6.06. The van der Waals surface area contributed by atoms with Crippen LogP contribution in [0.25, 0.3) is 0 Å². The van der Waals surface area contributed by atoms with E-state index in [1.165, 1.54) is 7.11 Å². The summed E-state index contributed by atoms with van der Waals surface area (Å²) in [6.45, 7) is 3.73. The van der Waals surface area contributed by atoms with Crippen LogP contribution in [-0.2, 0) is 4.79 Å². The summed E-state index contributed by atoms with van der Waals surface area (Å²) in [5, 5.41) is 2.79. The SMILES string of the molecule is COc1ccccc1C(=O)Nc1ccc(OC(=O)COc2cc(C)cc(C)c2)cc1. The second-order valence-electron chi connectivity index (χ2n) is 6.76. The van der Waals surface area contributed by atoms with Crippen molar-refractivity contribution in [3.63, 3.8) is 0 Å². The van der Waals surface area contributed by atoms with Crippen LogP contribution in [0.5, 0.6) is 17.2 Å². The lowest BCUT2D eigenvalue weighted by Crippen LogP contribution is -2.18. The molecular formula is C24H23NO5. The van der Waals surface area contributed by atoms with Gasteiger partial charge < -0.3 is 19.5 Å². The molecule has 154 valence electrons. The van der Waals surface area contributed by atoms with E-state index in [-0.39, 0.29) is 12.5 Å². The van der Waals surface area contributed by atoms with E-state index in [9.17, 15) is 9.59 Å². The number of para-hydroxylation sites is 1. The molecule has 3 rings (SSSR count). The molecule has 0 fully saturated rings. The van der Waals surface area contributed by atoms with Crippen LogP contribution in [0.2, 0.25) is 0 Å². The van der Waals surface area contributed by atoms with Crippen LogP contribution in [0.3, 0.4) is 0 Å². The highest BCUT2D eigenvalue weighted by Crippen LogP contribution is 2.21. The molecule has 0 aliphatic carbocycles. The summed E-state index contributed by atoms with van der Waals surface area (Å²) in [6, 6.07) is 19.2. The minimum absolute atomic E-state index is 0.199. The lowest BCUT2D eigenvalue weighted by molar-refractivity contribution is -0.136. The van der Waals surface area contributed by atoms with E-state index in [0.29, 0.717) is 28.5 Å². The number of carbonyl (C=O) groups excluding carboxylic acids is 2. The maximum Gasteiger partial charge on any atom is 0.349 e. The number of benzene rings is 3. The van der Waals surface area contributed by atoms with Gasteiger partial charge in [-0.05, 0) is 73.5 Å². The maximum absolute atomic E-state index is 12.4. The van der Waals surface area contributed by atoms with Crippen LogP contribution < -0.4 is 19.5 Å². The third-order valence-electron chi connectivity index (χ3n) is 4.25. The van der Waals surface area contributed by atoms with Crippen molar-refractivity contribution in [1.29, 1.82) is 0 Å². The van der Waals surface area contributed by atoms with Crippen LogP contribution >= 0.6 is 0 Å². The van der Waals surface area contributed by atoms with E-state index in [1.807, 2.05) is 32.0 Å². The van der Waals surface area contributed by atoms with Crippen molar-refractivity contribution < 1.29 is 23.8 Å². The topological polar surface area (TPSA) is 73.9 Å². The largest absolute Gasteiger partial charge is 0.496 e. The second kappa shape index (κ2) is 9.60. The number of aryl methyl sites for hydroxylation is 2. The van der Waals surface area contributed by atoms with E-state index in [2.05, 4.69) is 5.32 Å². The Bertz CT molecular complexity index is 1020. The van der Waals surface area contributed by atoms with Crippen molar-refractivity contribution >= 4 is 17.6 Å². The van der Waals surface area contributed by atoms with E-state index >= 15 is 0 Å². The third-order valence-corrected chi connectivity index (χ3v) is 4.25. The molecule has 0 aliphatic rings. The molecule has 0 heterocycles. The Balaban J connectivity index is 1.55. The number of nitrogens with one attached hydrogen (secondary N) is 1. The van der Waals surface area contributed by atoms with Gasteiger partial charge in [-0.15, -0.1) is 0 Å². The van der Waals surface area contributed by atoms with Crippen LogP contribution in [-0.4, -0.2) is 25.6 Å². The number of rotatable bonds is 7. The van der Waals surface area contributed by atoms with Crippen molar-refractivity contribution in [2.24, 2.45) is 0 Å². The van der Waals surface area contributed by atoms with Gasteiger partial charge in [0, 0.05) is 5.69 Å². The summed E-state index contributed by atoms with van der Waals surface area (Å²) < 4.78 is 16.0. The molecule has 0 aliphatic heterocycles. The minimum atomic E-state index is -0.514.